The van der Waals surface area contributed by atoms with Gasteiger partial charge in [0.05, 0.1) is 6.54 Å². The topological polar surface area (TPSA) is 29.3 Å². The van der Waals surface area contributed by atoms with Gasteiger partial charge in [0, 0.05) is 12.6 Å². The maximum Gasteiger partial charge on any atom is 0.401 e. The highest BCUT2D eigenvalue weighted by molar-refractivity contribution is 5.25. The van der Waals surface area contributed by atoms with Gasteiger partial charge in [-0.1, -0.05) is 36.8 Å². The second-order valence-electron chi connectivity index (χ2n) is 4.75. The maximum atomic E-state index is 12.6. The highest BCUT2D eigenvalue weighted by Crippen LogP contribution is 2.25. The van der Waals surface area contributed by atoms with Crippen LogP contribution in [0.25, 0.3) is 0 Å². The van der Waals surface area contributed by atoms with Crippen LogP contribution in [0, 0.1) is 6.92 Å². The first-order valence-electron chi connectivity index (χ1n) is 6.44. The Morgan fingerprint density at radius 2 is 2.00 bits per heavy atom. The van der Waals surface area contributed by atoms with Crippen LogP contribution in [0.4, 0.5) is 13.2 Å². The third-order valence-corrected chi connectivity index (χ3v) is 2.98. The van der Waals surface area contributed by atoms with Crippen LogP contribution in [0.15, 0.2) is 24.3 Å². The molecule has 1 unspecified atom stereocenters. The van der Waals surface area contributed by atoms with Gasteiger partial charge in [-0.25, -0.2) is 0 Å². The zero-order valence-electron chi connectivity index (χ0n) is 11.4. The molecule has 0 aliphatic heterocycles. The van der Waals surface area contributed by atoms with Crippen molar-refractivity contribution in [3.8, 4) is 0 Å². The molecule has 19 heavy (non-hydrogen) atoms. The van der Waals surface area contributed by atoms with Crippen molar-refractivity contribution in [3.05, 3.63) is 35.4 Å². The number of hydrogen-bond donors (Lipinski definition) is 1. The van der Waals surface area contributed by atoms with Crippen LogP contribution < -0.4 is 5.73 Å². The first-order valence-corrected chi connectivity index (χ1v) is 6.44. The Hall–Kier alpha value is -1.07. The number of alkyl halides is 3. The molecule has 1 atom stereocenters. The van der Waals surface area contributed by atoms with Crippen molar-refractivity contribution in [1.29, 1.82) is 0 Å². The fraction of sp³-hybridized carbons (Fsp3) is 0.571. The molecule has 0 bridgehead atoms. The number of benzene rings is 1. The molecule has 5 heteroatoms. The van der Waals surface area contributed by atoms with Gasteiger partial charge in [-0.2, -0.15) is 13.2 Å². The van der Waals surface area contributed by atoms with Crippen molar-refractivity contribution < 1.29 is 13.2 Å². The van der Waals surface area contributed by atoms with E-state index < -0.39 is 12.7 Å². The summed E-state index contributed by atoms with van der Waals surface area (Å²) in [5, 5.41) is 0. The standard InChI is InChI=1S/C14H21F3N2/c1-3-7-19(10-14(15,16)17)13(9-18)12-6-4-5-11(2)8-12/h4-6,8,13H,3,7,9-10,18H2,1-2H3. The van der Waals surface area contributed by atoms with Gasteiger partial charge >= 0.3 is 6.18 Å². The van der Waals surface area contributed by atoms with Crippen molar-refractivity contribution in [2.45, 2.75) is 32.5 Å². The van der Waals surface area contributed by atoms with Crippen molar-refractivity contribution in [3.63, 3.8) is 0 Å². The summed E-state index contributed by atoms with van der Waals surface area (Å²) in [6, 6.07) is 7.12. The van der Waals surface area contributed by atoms with Crippen LogP contribution in [0.5, 0.6) is 0 Å². The largest absolute Gasteiger partial charge is 0.401 e. The first kappa shape index (κ1) is 16.0. The van der Waals surface area contributed by atoms with Crippen molar-refractivity contribution in [2.75, 3.05) is 19.6 Å². The minimum Gasteiger partial charge on any atom is -0.329 e. The summed E-state index contributed by atoms with van der Waals surface area (Å²) >= 11 is 0. The number of halogens is 3. The normalized spacial score (nSPS) is 13.8. The van der Waals surface area contributed by atoms with E-state index in [4.69, 9.17) is 5.73 Å². The molecule has 0 fully saturated rings. The average molecular weight is 274 g/mol. The molecule has 0 amide bonds. The minimum atomic E-state index is -4.20. The van der Waals surface area contributed by atoms with Crippen molar-refractivity contribution in [1.82, 2.24) is 4.90 Å². The smallest absolute Gasteiger partial charge is 0.329 e. The predicted molar refractivity (Wildman–Crippen MR) is 70.9 cm³/mol. The molecule has 1 aromatic rings. The van der Waals surface area contributed by atoms with Crippen LogP contribution in [0.1, 0.15) is 30.5 Å². The van der Waals surface area contributed by atoms with Crippen LogP contribution >= 0.6 is 0 Å². The Kier molecular flexibility index (Phi) is 5.82. The van der Waals surface area contributed by atoms with E-state index in [0.717, 1.165) is 11.1 Å². The predicted octanol–water partition coefficient (Wildman–Crippen LogP) is 3.27. The molecule has 1 rings (SSSR count). The SMILES string of the molecule is CCCN(CC(F)(F)F)C(CN)c1cccc(C)c1. The fourth-order valence-corrected chi connectivity index (χ4v) is 2.24. The minimum absolute atomic E-state index is 0.180. The Bertz CT molecular complexity index is 391. The summed E-state index contributed by atoms with van der Waals surface area (Å²) in [4.78, 5) is 1.41. The number of hydrogen-bond acceptors (Lipinski definition) is 2. The van der Waals surface area contributed by atoms with E-state index in [1.54, 1.807) is 0 Å². The molecule has 0 saturated carbocycles. The van der Waals surface area contributed by atoms with E-state index in [1.165, 1.54) is 4.90 Å². The molecule has 108 valence electrons. The molecule has 0 spiro atoms. The molecule has 0 aromatic heterocycles. The Labute approximate surface area is 112 Å². The second-order valence-corrected chi connectivity index (χ2v) is 4.75. The zero-order chi connectivity index (χ0) is 14.5. The van der Waals surface area contributed by atoms with Gasteiger partial charge < -0.3 is 5.73 Å². The van der Waals surface area contributed by atoms with Crippen LogP contribution in [0.2, 0.25) is 0 Å². The summed E-state index contributed by atoms with van der Waals surface area (Å²) in [6.45, 7) is 3.43. The van der Waals surface area contributed by atoms with E-state index in [0.29, 0.717) is 13.0 Å². The van der Waals surface area contributed by atoms with Gasteiger partial charge in [-0.15, -0.1) is 0 Å². The molecular weight excluding hydrogens is 253 g/mol. The molecule has 0 radical (unpaired) electrons. The lowest BCUT2D eigenvalue weighted by atomic mass is 10.0. The summed E-state index contributed by atoms with van der Waals surface area (Å²) in [5.41, 5.74) is 7.57. The van der Waals surface area contributed by atoms with Gasteiger partial charge in [0.15, 0.2) is 0 Å². The molecule has 0 aliphatic rings. The van der Waals surface area contributed by atoms with Crippen molar-refractivity contribution >= 4 is 0 Å². The monoisotopic (exact) mass is 274 g/mol. The molecule has 2 N–H and O–H groups in total. The second kappa shape index (κ2) is 6.91. The lowest BCUT2D eigenvalue weighted by Gasteiger charge is -2.31. The lowest BCUT2D eigenvalue weighted by molar-refractivity contribution is -0.150. The number of aryl methyl sites for hydroxylation is 1. The van der Waals surface area contributed by atoms with E-state index in [9.17, 15) is 13.2 Å². The van der Waals surface area contributed by atoms with Crippen LogP contribution in [-0.2, 0) is 0 Å². The quantitative estimate of drug-likeness (QED) is 0.862. The molecule has 0 heterocycles. The highest BCUT2D eigenvalue weighted by atomic mass is 19.4. The van der Waals surface area contributed by atoms with Gasteiger partial charge in [0.2, 0.25) is 0 Å². The number of nitrogens with zero attached hydrogens (tertiary/aromatic N) is 1. The summed E-state index contributed by atoms with van der Waals surface area (Å²) in [7, 11) is 0. The molecular formula is C14H21F3N2. The van der Waals surface area contributed by atoms with Gasteiger partial charge in [-0.3, -0.25) is 4.90 Å². The molecule has 1 aromatic carbocycles. The van der Waals surface area contributed by atoms with Crippen molar-refractivity contribution in [2.24, 2.45) is 5.73 Å². The lowest BCUT2D eigenvalue weighted by Crippen LogP contribution is -2.40. The summed E-state index contributed by atoms with van der Waals surface area (Å²) in [6.07, 6.45) is -3.54. The van der Waals surface area contributed by atoms with Crippen LogP contribution in [-0.4, -0.2) is 30.7 Å². The molecule has 0 aliphatic carbocycles. The average Bonchev–Trinajstić information content (AvgIpc) is 2.28. The zero-order valence-corrected chi connectivity index (χ0v) is 11.4. The van der Waals surface area contributed by atoms with Crippen LogP contribution in [0.3, 0.4) is 0 Å². The van der Waals surface area contributed by atoms with E-state index in [1.807, 2.05) is 38.1 Å². The first-order chi connectivity index (χ1) is 8.87. The maximum absolute atomic E-state index is 12.6. The van der Waals surface area contributed by atoms with Gasteiger partial charge in [0.1, 0.15) is 0 Å². The van der Waals surface area contributed by atoms with E-state index >= 15 is 0 Å². The third kappa shape index (κ3) is 5.20. The molecule has 2 nitrogen and oxygen atoms in total. The van der Waals surface area contributed by atoms with Gasteiger partial charge in [0.25, 0.3) is 0 Å². The Morgan fingerprint density at radius 1 is 1.32 bits per heavy atom. The van der Waals surface area contributed by atoms with E-state index in [-0.39, 0.29) is 12.6 Å². The summed E-state index contributed by atoms with van der Waals surface area (Å²) in [5.74, 6) is 0. The Balaban J connectivity index is 2.96. The number of rotatable bonds is 6. The fourth-order valence-electron chi connectivity index (χ4n) is 2.24. The number of nitrogens with two attached hydrogens (primary N) is 1. The third-order valence-electron chi connectivity index (χ3n) is 2.98. The Morgan fingerprint density at radius 3 is 2.47 bits per heavy atom. The molecule has 0 saturated heterocycles. The van der Waals surface area contributed by atoms with Gasteiger partial charge in [-0.05, 0) is 25.5 Å². The highest BCUT2D eigenvalue weighted by Gasteiger charge is 2.33. The summed E-state index contributed by atoms with van der Waals surface area (Å²) < 4.78 is 37.9. The van der Waals surface area contributed by atoms with E-state index in [2.05, 4.69) is 0 Å².